The molecule has 0 aliphatic heterocycles. The maximum Gasteiger partial charge on any atom is 0.306 e. The first-order valence-electron chi connectivity index (χ1n) is 28.8. The SMILES string of the molecule is CC/C=C\C/C=C\C/C=C\C/C=C\C/C=C\C/C=C\CCCCCCC(=O)OC(CO)COC(=O)CCCCCCCCCCCCCCCCCCCCC/C=C\C/C=C\CCCCCCC. The van der Waals surface area contributed by atoms with Crippen LogP contribution in [0.5, 0.6) is 0 Å². The minimum Gasteiger partial charge on any atom is -0.462 e. The Kier molecular flexibility index (Phi) is 55.4. The van der Waals surface area contributed by atoms with Crippen LogP contribution in [0.25, 0.3) is 0 Å². The Bertz CT molecular complexity index is 1300. The van der Waals surface area contributed by atoms with Gasteiger partial charge in [-0.3, -0.25) is 9.59 Å². The molecule has 5 nitrogen and oxygen atoms in total. The van der Waals surface area contributed by atoms with Crippen molar-refractivity contribution in [3.8, 4) is 0 Å². The van der Waals surface area contributed by atoms with Gasteiger partial charge >= 0.3 is 11.9 Å². The molecule has 0 bridgehead atoms. The summed E-state index contributed by atoms with van der Waals surface area (Å²) in [6.45, 7) is 4.01. The zero-order valence-corrected chi connectivity index (χ0v) is 44.6. The second kappa shape index (κ2) is 58.1. The van der Waals surface area contributed by atoms with Crippen molar-refractivity contribution < 1.29 is 24.2 Å². The molecule has 0 aliphatic carbocycles. The molecule has 0 amide bonds. The molecule has 0 aliphatic rings. The number of hydrogen-bond acceptors (Lipinski definition) is 5. The third-order valence-electron chi connectivity index (χ3n) is 12.4. The van der Waals surface area contributed by atoms with Crippen LogP contribution in [0.2, 0.25) is 0 Å². The lowest BCUT2D eigenvalue weighted by atomic mass is 10.0. The van der Waals surface area contributed by atoms with E-state index in [0.29, 0.717) is 12.8 Å². The monoisotopic (exact) mass is 945 g/mol. The van der Waals surface area contributed by atoms with Crippen LogP contribution < -0.4 is 0 Å². The van der Waals surface area contributed by atoms with Gasteiger partial charge in [-0.05, 0) is 96.3 Å². The van der Waals surface area contributed by atoms with Gasteiger partial charge in [0.15, 0.2) is 6.10 Å². The zero-order valence-electron chi connectivity index (χ0n) is 44.6. The molecule has 390 valence electrons. The molecule has 0 aromatic heterocycles. The molecule has 0 radical (unpaired) electrons. The van der Waals surface area contributed by atoms with E-state index in [9.17, 15) is 14.7 Å². The van der Waals surface area contributed by atoms with Crippen LogP contribution in [-0.2, 0) is 19.1 Å². The largest absolute Gasteiger partial charge is 0.462 e. The van der Waals surface area contributed by atoms with Crippen molar-refractivity contribution in [2.24, 2.45) is 0 Å². The number of rotatable bonds is 52. The summed E-state index contributed by atoms with van der Waals surface area (Å²) in [4.78, 5) is 24.5. The predicted octanol–water partition coefficient (Wildman–Crippen LogP) is 19.5. The van der Waals surface area contributed by atoms with Crippen LogP contribution in [0.3, 0.4) is 0 Å². The molecular formula is C63H108O5. The Morgan fingerprint density at radius 2 is 0.632 bits per heavy atom. The number of hydrogen-bond donors (Lipinski definition) is 1. The number of unbranched alkanes of at least 4 members (excludes halogenated alkanes) is 28. The third-order valence-corrected chi connectivity index (χ3v) is 12.4. The zero-order chi connectivity index (χ0) is 49.2. The van der Waals surface area contributed by atoms with E-state index in [4.69, 9.17) is 9.47 Å². The first-order valence-corrected chi connectivity index (χ1v) is 28.8. The molecule has 1 atom stereocenters. The topological polar surface area (TPSA) is 72.8 Å². The van der Waals surface area contributed by atoms with Gasteiger partial charge in [-0.1, -0.05) is 259 Å². The number of ether oxygens (including phenoxy) is 2. The maximum absolute atomic E-state index is 12.3. The Morgan fingerprint density at radius 1 is 0.353 bits per heavy atom. The molecule has 0 heterocycles. The van der Waals surface area contributed by atoms with Crippen molar-refractivity contribution in [1.82, 2.24) is 0 Å². The van der Waals surface area contributed by atoms with Crippen molar-refractivity contribution in [3.63, 3.8) is 0 Å². The van der Waals surface area contributed by atoms with Crippen molar-refractivity contribution in [1.29, 1.82) is 0 Å². The first-order chi connectivity index (χ1) is 33.6. The van der Waals surface area contributed by atoms with Crippen LogP contribution >= 0.6 is 0 Å². The van der Waals surface area contributed by atoms with Crippen LogP contribution in [0.1, 0.15) is 271 Å². The fourth-order valence-electron chi connectivity index (χ4n) is 8.06. The summed E-state index contributed by atoms with van der Waals surface area (Å²) in [5, 5.41) is 9.65. The lowest BCUT2D eigenvalue weighted by Gasteiger charge is -2.15. The van der Waals surface area contributed by atoms with Gasteiger partial charge < -0.3 is 14.6 Å². The van der Waals surface area contributed by atoms with E-state index in [2.05, 4.69) is 111 Å². The van der Waals surface area contributed by atoms with Crippen molar-refractivity contribution in [2.75, 3.05) is 13.2 Å². The normalized spacial score (nSPS) is 12.9. The summed E-state index contributed by atoms with van der Waals surface area (Å²) in [5.41, 5.74) is 0. The highest BCUT2D eigenvalue weighted by Gasteiger charge is 2.16. The van der Waals surface area contributed by atoms with Gasteiger partial charge in [0.25, 0.3) is 0 Å². The van der Waals surface area contributed by atoms with Crippen molar-refractivity contribution in [2.45, 2.75) is 277 Å². The highest BCUT2D eigenvalue weighted by atomic mass is 16.6. The third kappa shape index (κ3) is 55.4. The van der Waals surface area contributed by atoms with Crippen molar-refractivity contribution >= 4 is 11.9 Å². The van der Waals surface area contributed by atoms with E-state index in [-0.39, 0.29) is 25.2 Å². The van der Waals surface area contributed by atoms with E-state index >= 15 is 0 Å². The molecule has 0 spiro atoms. The Balaban J connectivity index is 3.51. The van der Waals surface area contributed by atoms with Crippen molar-refractivity contribution in [3.05, 3.63) is 97.2 Å². The molecule has 0 fully saturated rings. The second-order valence-corrected chi connectivity index (χ2v) is 19.0. The average Bonchev–Trinajstić information content (AvgIpc) is 3.34. The summed E-state index contributed by atoms with van der Waals surface area (Å²) in [5.74, 6) is -0.617. The Hall–Kier alpha value is -3.18. The Labute approximate surface area is 421 Å². The fraction of sp³-hybridized carbons (Fsp3) is 0.714. The summed E-state index contributed by atoms with van der Waals surface area (Å²) < 4.78 is 10.7. The summed E-state index contributed by atoms with van der Waals surface area (Å²) in [6.07, 6.45) is 82.4. The standard InChI is InChI=1S/C63H108O5/c1-3-5-7-9-11-13-15-17-19-21-23-25-27-28-29-30-31-32-33-34-36-37-39-41-43-45-47-49-51-53-55-57-62(65)67-60-61(59-64)68-63(66)58-56-54-52-50-48-46-44-42-40-38-35-26-24-22-20-18-16-14-12-10-8-6-4-2/h6,8,12,14-15,17-18,20-21,23-24,26,38,40,44,46,61,64H,3-5,7,9-11,13,16,19,22,25,27-37,39,41-43,45,47-60H2,1-2H3/b8-6-,14-12-,17-15-,20-18-,23-21-,26-24-,40-38-,46-44-. The molecule has 1 unspecified atom stereocenters. The average molecular weight is 946 g/mol. The van der Waals surface area contributed by atoms with Crippen LogP contribution in [-0.4, -0.2) is 36.4 Å². The summed E-state index contributed by atoms with van der Waals surface area (Å²) in [7, 11) is 0. The van der Waals surface area contributed by atoms with E-state index in [1.807, 2.05) is 0 Å². The van der Waals surface area contributed by atoms with Gasteiger partial charge in [-0.2, -0.15) is 0 Å². The molecular weight excluding hydrogens is 837 g/mol. The van der Waals surface area contributed by atoms with E-state index in [1.165, 1.54) is 148 Å². The number of esters is 2. The lowest BCUT2D eigenvalue weighted by Crippen LogP contribution is -2.28. The van der Waals surface area contributed by atoms with E-state index < -0.39 is 6.10 Å². The minimum absolute atomic E-state index is 0.0795. The van der Waals surface area contributed by atoms with Crippen LogP contribution in [0.4, 0.5) is 0 Å². The Morgan fingerprint density at radius 3 is 0.956 bits per heavy atom. The molecule has 5 heteroatoms. The van der Waals surface area contributed by atoms with Gasteiger partial charge in [-0.25, -0.2) is 0 Å². The minimum atomic E-state index is -0.792. The molecule has 0 aromatic rings. The molecule has 0 saturated heterocycles. The van der Waals surface area contributed by atoms with Gasteiger partial charge in [0, 0.05) is 12.8 Å². The van der Waals surface area contributed by atoms with E-state index in [0.717, 1.165) is 96.3 Å². The van der Waals surface area contributed by atoms with E-state index in [1.54, 1.807) is 0 Å². The summed E-state index contributed by atoms with van der Waals surface area (Å²) >= 11 is 0. The smallest absolute Gasteiger partial charge is 0.306 e. The molecule has 0 saturated carbocycles. The lowest BCUT2D eigenvalue weighted by molar-refractivity contribution is -0.161. The fourth-order valence-corrected chi connectivity index (χ4v) is 8.06. The predicted molar refractivity (Wildman–Crippen MR) is 297 cm³/mol. The number of carbonyl (C=O) groups is 2. The molecule has 0 rings (SSSR count). The first kappa shape index (κ1) is 64.8. The highest BCUT2D eigenvalue weighted by molar-refractivity contribution is 5.70. The second-order valence-electron chi connectivity index (χ2n) is 19.0. The highest BCUT2D eigenvalue weighted by Crippen LogP contribution is 2.16. The molecule has 1 N–H and O–H groups in total. The molecule has 0 aromatic carbocycles. The number of aliphatic hydroxyl groups is 1. The number of aliphatic hydroxyl groups excluding tert-OH is 1. The maximum atomic E-state index is 12.3. The number of allylic oxidation sites excluding steroid dienone is 16. The van der Waals surface area contributed by atoms with Gasteiger partial charge in [0.05, 0.1) is 6.61 Å². The quantitative estimate of drug-likeness (QED) is 0.0374. The van der Waals surface area contributed by atoms with Gasteiger partial charge in [-0.15, -0.1) is 0 Å². The number of carbonyl (C=O) groups excluding carboxylic acids is 2. The van der Waals surface area contributed by atoms with Crippen LogP contribution in [0.15, 0.2) is 97.2 Å². The molecule has 68 heavy (non-hydrogen) atoms. The van der Waals surface area contributed by atoms with Gasteiger partial charge in [0.1, 0.15) is 6.61 Å². The van der Waals surface area contributed by atoms with Crippen LogP contribution in [0, 0.1) is 0 Å². The summed E-state index contributed by atoms with van der Waals surface area (Å²) in [6, 6.07) is 0. The van der Waals surface area contributed by atoms with Gasteiger partial charge in [0.2, 0.25) is 0 Å².